The molecule has 2 amide bonds. The van der Waals surface area contributed by atoms with Crippen LogP contribution >= 0.6 is 0 Å². The molecule has 1 aliphatic rings. The lowest BCUT2D eigenvalue weighted by molar-refractivity contribution is -0.135. The van der Waals surface area contributed by atoms with E-state index >= 15 is 0 Å². The molecule has 3 rings (SSSR count). The van der Waals surface area contributed by atoms with E-state index in [4.69, 9.17) is 0 Å². The Hall–Kier alpha value is -2.69. The first-order valence-corrected chi connectivity index (χ1v) is 8.74. The molecule has 0 saturated carbocycles. The van der Waals surface area contributed by atoms with E-state index in [0.717, 1.165) is 30.5 Å². The highest BCUT2D eigenvalue weighted by atomic mass is 16.2. The van der Waals surface area contributed by atoms with Gasteiger partial charge in [0.25, 0.3) is 5.91 Å². The van der Waals surface area contributed by atoms with Crippen LogP contribution in [0.5, 0.6) is 0 Å². The minimum atomic E-state index is -0.214. The largest absolute Gasteiger partial charge is 0.349 e. The first-order valence-electron chi connectivity index (χ1n) is 8.74. The van der Waals surface area contributed by atoms with Gasteiger partial charge in [-0.1, -0.05) is 30.3 Å². The Labute approximate surface area is 148 Å². The molecule has 1 aromatic carbocycles. The van der Waals surface area contributed by atoms with Crippen molar-refractivity contribution in [2.75, 3.05) is 13.1 Å². The maximum atomic E-state index is 12.4. The first kappa shape index (κ1) is 17.1. The highest BCUT2D eigenvalue weighted by Gasteiger charge is 2.23. The standard InChI is InChI=1S/C20H23N3O2/c1-15(23-12-6-5-9-19(23)24)14-22-20(25)18-13-17(10-11-21-18)16-7-3-2-4-8-16/h2-4,7-8,10-11,13,15H,5-6,9,12,14H2,1H3,(H,22,25). The number of nitrogens with zero attached hydrogens (tertiary/aromatic N) is 2. The molecule has 0 spiro atoms. The summed E-state index contributed by atoms with van der Waals surface area (Å²) in [4.78, 5) is 30.4. The Morgan fingerprint density at radius 3 is 2.76 bits per heavy atom. The van der Waals surface area contributed by atoms with Gasteiger partial charge >= 0.3 is 0 Å². The quantitative estimate of drug-likeness (QED) is 0.912. The lowest BCUT2D eigenvalue weighted by Gasteiger charge is -2.32. The molecule has 2 heterocycles. The molecule has 1 aromatic heterocycles. The monoisotopic (exact) mass is 337 g/mol. The molecule has 25 heavy (non-hydrogen) atoms. The zero-order valence-corrected chi connectivity index (χ0v) is 14.4. The number of amides is 2. The van der Waals surface area contributed by atoms with Crippen LogP contribution in [0.25, 0.3) is 11.1 Å². The average molecular weight is 337 g/mol. The molecule has 0 aliphatic carbocycles. The molecule has 2 aromatic rings. The molecule has 1 saturated heterocycles. The van der Waals surface area contributed by atoms with Crippen LogP contribution in [0.2, 0.25) is 0 Å². The summed E-state index contributed by atoms with van der Waals surface area (Å²) in [5.74, 6) is -0.0358. The number of carbonyl (C=O) groups excluding carboxylic acids is 2. The predicted molar refractivity (Wildman–Crippen MR) is 97.0 cm³/mol. The maximum Gasteiger partial charge on any atom is 0.269 e. The summed E-state index contributed by atoms with van der Waals surface area (Å²) in [6.45, 7) is 3.18. The average Bonchev–Trinajstić information content (AvgIpc) is 2.67. The second-order valence-corrected chi connectivity index (χ2v) is 6.40. The predicted octanol–water partition coefficient (Wildman–Crippen LogP) is 2.88. The van der Waals surface area contributed by atoms with Crippen molar-refractivity contribution in [2.24, 2.45) is 0 Å². The van der Waals surface area contributed by atoms with Gasteiger partial charge in [-0.05, 0) is 43.0 Å². The van der Waals surface area contributed by atoms with Crippen LogP contribution in [-0.2, 0) is 4.79 Å². The normalized spacial score (nSPS) is 15.7. The number of piperidine rings is 1. The molecular formula is C20H23N3O2. The van der Waals surface area contributed by atoms with E-state index < -0.39 is 0 Å². The lowest BCUT2D eigenvalue weighted by Crippen LogP contribution is -2.47. The smallest absolute Gasteiger partial charge is 0.269 e. The van der Waals surface area contributed by atoms with Crippen molar-refractivity contribution >= 4 is 11.8 Å². The van der Waals surface area contributed by atoms with E-state index in [1.165, 1.54) is 0 Å². The Bertz CT molecular complexity index is 746. The van der Waals surface area contributed by atoms with Crippen LogP contribution in [0.3, 0.4) is 0 Å². The minimum absolute atomic E-state index is 0.00550. The van der Waals surface area contributed by atoms with Gasteiger partial charge < -0.3 is 10.2 Å². The summed E-state index contributed by atoms with van der Waals surface area (Å²) in [6, 6.07) is 13.6. The van der Waals surface area contributed by atoms with Crippen molar-refractivity contribution in [3.8, 4) is 11.1 Å². The van der Waals surface area contributed by atoms with Crippen LogP contribution < -0.4 is 5.32 Å². The maximum absolute atomic E-state index is 12.4. The lowest BCUT2D eigenvalue weighted by atomic mass is 10.1. The van der Waals surface area contributed by atoms with Crippen molar-refractivity contribution in [1.29, 1.82) is 0 Å². The fraction of sp³-hybridized carbons (Fsp3) is 0.350. The summed E-state index contributed by atoms with van der Waals surface area (Å²) >= 11 is 0. The second-order valence-electron chi connectivity index (χ2n) is 6.40. The van der Waals surface area contributed by atoms with Crippen molar-refractivity contribution in [2.45, 2.75) is 32.2 Å². The van der Waals surface area contributed by atoms with Gasteiger partial charge in [0.15, 0.2) is 0 Å². The first-order chi connectivity index (χ1) is 12.1. The van der Waals surface area contributed by atoms with Crippen molar-refractivity contribution in [3.05, 3.63) is 54.4 Å². The Balaban J connectivity index is 1.62. The molecule has 1 fully saturated rings. The van der Waals surface area contributed by atoms with E-state index in [9.17, 15) is 9.59 Å². The fourth-order valence-electron chi connectivity index (χ4n) is 3.10. The van der Waals surface area contributed by atoms with E-state index in [-0.39, 0.29) is 17.9 Å². The number of rotatable bonds is 5. The summed E-state index contributed by atoms with van der Waals surface area (Å²) < 4.78 is 0. The summed E-state index contributed by atoms with van der Waals surface area (Å²) in [5.41, 5.74) is 2.39. The zero-order chi connectivity index (χ0) is 17.6. The molecule has 1 unspecified atom stereocenters. The zero-order valence-electron chi connectivity index (χ0n) is 14.4. The Kier molecular flexibility index (Phi) is 5.43. The molecular weight excluding hydrogens is 314 g/mol. The summed E-state index contributed by atoms with van der Waals surface area (Å²) in [7, 11) is 0. The molecule has 5 heteroatoms. The van der Waals surface area contributed by atoms with Crippen LogP contribution in [0.1, 0.15) is 36.7 Å². The number of pyridine rings is 1. The van der Waals surface area contributed by atoms with Crippen LogP contribution in [0.4, 0.5) is 0 Å². The molecule has 5 nitrogen and oxygen atoms in total. The van der Waals surface area contributed by atoms with Crippen LogP contribution in [0, 0.1) is 0 Å². The van der Waals surface area contributed by atoms with E-state index in [1.54, 1.807) is 12.3 Å². The van der Waals surface area contributed by atoms with Crippen molar-refractivity contribution < 1.29 is 9.59 Å². The number of nitrogens with one attached hydrogen (secondary N) is 1. The number of benzene rings is 1. The van der Waals surface area contributed by atoms with E-state index in [1.807, 2.05) is 48.2 Å². The third-order valence-corrected chi connectivity index (χ3v) is 4.55. The third kappa shape index (κ3) is 4.24. The van der Waals surface area contributed by atoms with E-state index in [0.29, 0.717) is 18.7 Å². The number of carbonyl (C=O) groups is 2. The summed E-state index contributed by atoms with van der Waals surface area (Å²) in [5, 5.41) is 2.90. The SMILES string of the molecule is CC(CNC(=O)c1cc(-c2ccccc2)ccn1)N1CCCCC1=O. The van der Waals surface area contributed by atoms with Gasteiger partial charge in [-0.3, -0.25) is 14.6 Å². The highest BCUT2D eigenvalue weighted by molar-refractivity contribution is 5.93. The Morgan fingerprint density at radius 1 is 1.20 bits per heavy atom. The van der Waals surface area contributed by atoms with Gasteiger partial charge in [0.1, 0.15) is 5.69 Å². The summed E-state index contributed by atoms with van der Waals surface area (Å²) in [6.07, 6.45) is 4.25. The van der Waals surface area contributed by atoms with Crippen molar-refractivity contribution in [1.82, 2.24) is 15.2 Å². The topological polar surface area (TPSA) is 62.3 Å². The van der Waals surface area contributed by atoms with Gasteiger partial charge in [0.2, 0.25) is 5.91 Å². The van der Waals surface area contributed by atoms with Gasteiger partial charge in [-0.25, -0.2) is 0 Å². The van der Waals surface area contributed by atoms with Crippen molar-refractivity contribution in [3.63, 3.8) is 0 Å². The number of aromatic nitrogens is 1. The van der Waals surface area contributed by atoms with Gasteiger partial charge in [-0.2, -0.15) is 0 Å². The number of likely N-dealkylation sites (tertiary alicyclic amines) is 1. The second kappa shape index (κ2) is 7.92. The molecule has 1 N–H and O–H groups in total. The van der Waals surface area contributed by atoms with Crippen LogP contribution in [0.15, 0.2) is 48.7 Å². The highest BCUT2D eigenvalue weighted by Crippen LogP contribution is 2.19. The van der Waals surface area contributed by atoms with Gasteiger partial charge in [0.05, 0.1) is 0 Å². The fourth-order valence-corrected chi connectivity index (χ4v) is 3.10. The van der Waals surface area contributed by atoms with Gasteiger partial charge in [-0.15, -0.1) is 0 Å². The Morgan fingerprint density at radius 2 is 2.00 bits per heavy atom. The molecule has 1 aliphatic heterocycles. The number of hydrogen-bond donors (Lipinski definition) is 1. The van der Waals surface area contributed by atoms with E-state index in [2.05, 4.69) is 10.3 Å². The molecule has 0 radical (unpaired) electrons. The molecule has 1 atom stereocenters. The molecule has 130 valence electrons. The molecule has 0 bridgehead atoms. The third-order valence-electron chi connectivity index (χ3n) is 4.55. The van der Waals surface area contributed by atoms with Crippen LogP contribution in [-0.4, -0.2) is 40.8 Å². The minimum Gasteiger partial charge on any atom is -0.349 e. The van der Waals surface area contributed by atoms with Gasteiger partial charge in [0, 0.05) is 31.7 Å². The number of hydrogen-bond acceptors (Lipinski definition) is 3.